The number of pyridine rings is 2. The fraction of sp³-hybridized carbons (Fsp3) is 0.478. The van der Waals surface area contributed by atoms with Crippen LogP contribution in [0, 0.1) is 12.8 Å². The second-order valence-electron chi connectivity index (χ2n) is 8.20. The number of aryl methyl sites for hydroxylation is 1. The van der Waals surface area contributed by atoms with E-state index in [4.69, 9.17) is 23.7 Å². The molecule has 9 nitrogen and oxygen atoms in total. The summed E-state index contributed by atoms with van der Waals surface area (Å²) in [7, 11) is 3.22. The fourth-order valence-electron chi connectivity index (χ4n) is 3.99. The molecule has 0 amide bonds. The molecule has 0 N–H and O–H groups in total. The number of hydrogen-bond acceptors (Lipinski definition) is 8. The van der Waals surface area contributed by atoms with Crippen molar-refractivity contribution in [3.8, 4) is 34.5 Å². The third-order valence-corrected chi connectivity index (χ3v) is 5.61. The van der Waals surface area contributed by atoms with Crippen LogP contribution < -0.4 is 14.9 Å². The van der Waals surface area contributed by atoms with Gasteiger partial charge in [0.15, 0.2) is 17.0 Å². The Labute approximate surface area is 186 Å². The Morgan fingerprint density at radius 2 is 2.03 bits per heavy atom. The minimum atomic E-state index is -0.198. The minimum Gasteiger partial charge on any atom is -0.488 e. The maximum Gasteiger partial charge on any atom is 0.263 e. The monoisotopic (exact) mass is 440 g/mol. The van der Waals surface area contributed by atoms with Crippen LogP contribution in [0.3, 0.4) is 0 Å². The Morgan fingerprint density at radius 1 is 1.22 bits per heavy atom. The van der Waals surface area contributed by atoms with E-state index in [1.54, 1.807) is 27.2 Å². The molecule has 0 saturated heterocycles. The van der Waals surface area contributed by atoms with Crippen molar-refractivity contribution >= 4 is 0 Å². The van der Waals surface area contributed by atoms with Crippen LogP contribution in [0.25, 0.3) is 22.8 Å². The van der Waals surface area contributed by atoms with E-state index in [2.05, 4.69) is 28.6 Å². The van der Waals surface area contributed by atoms with Gasteiger partial charge < -0.3 is 23.3 Å². The Kier molecular flexibility index (Phi) is 6.27. The third-order valence-electron chi connectivity index (χ3n) is 5.61. The topological polar surface area (TPSA) is 102 Å². The number of fused-ring (bicyclic) bond motifs is 3. The Bertz CT molecular complexity index is 1170. The minimum absolute atomic E-state index is 0.123. The number of rotatable bonds is 8. The lowest BCUT2D eigenvalue weighted by atomic mass is 9.89. The quantitative estimate of drug-likeness (QED) is 0.491. The molecule has 1 atom stereocenters. The van der Waals surface area contributed by atoms with Gasteiger partial charge >= 0.3 is 0 Å². The van der Waals surface area contributed by atoms with Gasteiger partial charge in [0.1, 0.15) is 5.56 Å². The normalized spacial score (nSPS) is 14.9. The van der Waals surface area contributed by atoms with E-state index in [0.29, 0.717) is 47.8 Å². The smallest absolute Gasteiger partial charge is 0.263 e. The number of nitrogens with zero attached hydrogens (tertiary/aromatic N) is 4. The first-order chi connectivity index (χ1) is 15.4. The molecule has 3 aromatic rings. The molecule has 0 fully saturated rings. The van der Waals surface area contributed by atoms with Crippen molar-refractivity contribution in [1.29, 1.82) is 0 Å². The van der Waals surface area contributed by atoms with Gasteiger partial charge in [0.05, 0.1) is 25.1 Å². The summed E-state index contributed by atoms with van der Waals surface area (Å²) in [6.07, 6.45) is 3.32. The molecule has 32 heavy (non-hydrogen) atoms. The van der Waals surface area contributed by atoms with Gasteiger partial charge in [-0.2, -0.15) is 4.98 Å². The summed E-state index contributed by atoms with van der Waals surface area (Å²) < 4.78 is 23.9. The van der Waals surface area contributed by atoms with Crippen LogP contribution in [0.1, 0.15) is 37.7 Å². The molecule has 0 spiro atoms. The van der Waals surface area contributed by atoms with Crippen molar-refractivity contribution in [1.82, 2.24) is 19.7 Å². The molecule has 0 aliphatic carbocycles. The first kappa shape index (κ1) is 22.0. The summed E-state index contributed by atoms with van der Waals surface area (Å²) in [6, 6.07) is 3.69. The zero-order valence-electron chi connectivity index (χ0n) is 19.0. The average Bonchev–Trinajstić information content (AvgIpc) is 3.21. The van der Waals surface area contributed by atoms with Gasteiger partial charge in [-0.25, -0.2) is 4.98 Å². The highest BCUT2D eigenvalue weighted by atomic mass is 16.5. The summed E-state index contributed by atoms with van der Waals surface area (Å²) in [5.41, 5.74) is 2.66. The van der Waals surface area contributed by atoms with Crippen LogP contribution in [0.4, 0.5) is 0 Å². The third kappa shape index (κ3) is 4.12. The molecule has 4 heterocycles. The fourth-order valence-corrected chi connectivity index (χ4v) is 3.99. The molecular weight excluding hydrogens is 412 g/mol. The van der Waals surface area contributed by atoms with Gasteiger partial charge in [0.25, 0.3) is 11.8 Å². The summed E-state index contributed by atoms with van der Waals surface area (Å²) in [5, 5.41) is 3.82. The largest absolute Gasteiger partial charge is 0.488 e. The molecule has 0 bridgehead atoms. The standard InChI is InChI=1S/C23H28N4O5/c1-13(2)17-9-15-10-20(31-8-6-7-29-4)23(30-5)25-21(15)18-11-19(28)16(12-27(17)18)22-24-14(3)26-32-22/h10-13,17H,6-9H2,1-5H3. The van der Waals surface area contributed by atoms with Crippen molar-refractivity contribution in [3.05, 3.63) is 39.9 Å². The van der Waals surface area contributed by atoms with Gasteiger partial charge in [-0.05, 0) is 30.9 Å². The van der Waals surface area contributed by atoms with E-state index in [1.807, 2.05) is 12.3 Å². The average molecular weight is 441 g/mol. The molecule has 0 aromatic carbocycles. The van der Waals surface area contributed by atoms with E-state index < -0.39 is 0 Å². The lowest BCUT2D eigenvalue weighted by molar-refractivity contribution is 0.170. The Balaban J connectivity index is 1.81. The van der Waals surface area contributed by atoms with Crippen molar-refractivity contribution in [3.63, 3.8) is 0 Å². The molecule has 1 aliphatic heterocycles. The maximum absolute atomic E-state index is 13.0. The van der Waals surface area contributed by atoms with Crippen molar-refractivity contribution in [2.24, 2.45) is 5.92 Å². The molecule has 0 radical (unpaired) electrons. The zero-order valence-corrected chi connectivity index (χ0v) is 19.0. The van der Waals surface area contributed by atoms with Crippen LogP contribution in [-0.4, -0.2) is 47.1 Å². The van der Waals surface area contributed by atoms with Crippen molar-refractivity contribution < 1.29 is 18.7 Å². The highest BCUT2D eigenvalue weighted by molar-refractivity contribution is 5.67. The highest BCUT2D eigenvalue weighted by Gasteiger charge is 2.30. The van der Waals surface area contributed by atoms with Crippen LogP contribution in [-0.2, 0) is 11.2 Å². The van der Waals surface area contributed by atoms with E-state index in [9.17, 15) is 4.79 Å². The first-order valence-electron chi connectivity index (χ1n) is 10.7. The predicted molar refractivity (Wildman–Crippen MR) is 118 cm³/mol. The summed E-state index contributed by atoms with van der Waals surface area (Å²) in [4.78, 5) is 21.9. The van der Waals surface area contributed by atoms with E-state index in [1.165, 1.54) is 0 Å². The van der Waals surface area contributed by atoms with Crippen molar-refractivity contribution in [2.75, 3.05) is 27.4 Å². The van der Waals surface area contributed by atoms with Crippen LogP contribution in [0.2, 0.25) is 0 Å². The van der Waals surface area contributed by atoms with Crippen molar-refractivity contribution in [2.45, 2.75) is 39.7 Å². The van der Waals surface area contributed by atoms with Crippen LogP contribution >= 0.6 is 0 Å². The molecule has 1 unspecified atom stereocenters. The zero-order chi connectivity index (χ0) is 22.8. The number of aromatic nitrogens is 4. The first-order valence-corrected chi connectivity index (χ1v) is 10.7. The van der Waals surface area contributed by atoms with Crippen LogP contribution in [0.5, 0.6) is 11.6 Å². The number of hydrogen-bond donors (Lipinski definition) is 0. The molecule has 4 rings (SSSR count). The lowest BCUT2D eigenvalue weighted by Gasteiger charge is -2.33. The highest BCUT2D eigenvalue weighted by Crippen LogP contribution is 2.41. The Hall–Kier alpha value is -3.20. The van der Waals surface area contributed by atoms with Gasteiger partial charge in [0, 0.05) is 38.4 Å². The molecule has 1 aliphatic rings. The SMILES string of the molecule is COCCCOc1cc2c(nc1OC)-c1cc(=O)c(-c3nc(C)no3)cn1C(C(C)C)C2. The second-order valence-corrected chi connectivity index (χ2v) is 8.20. The van der Waals surface area contributed by atoms with E-state index in [-0.39, 0.29) is 17.4 Å². The Morgan fingerprint density at radius 3 is 2.69 bits per heavy atom. The molecule has 0 saturated carbocycles. The predicted octanol–water partition coefficient (Wildman–Crippen LogP) is 3.45. The molecule has 9 heteroatoms. The van der Waals surface area contributed by atoms with E-state index >= 15 is 0 Å². The summed E-state index contributed by atoms with van der Waals surface area (Å²) in [5.74, 6) is 2.01. The molecular formula is C23H28N4O5. The van der Waals surface area contributed by atoms with Crippen LogP contribution in [0.15, 0.2) is 27.6 Å². The lowest BCUT2D eigenvalue weighted by Crippen LogP contribution is -2.27. The summed E-state index contributed by atoms with van der Waals surface area (Å²) >= 11 is 0. The molecule has 170 valence electrons. The van der Waals surface area contributed by atoms with Gasteiger partial charge in [-0.1, -0.05) is 19.0 Å². The van der Waals surface area contributed by atoms with Gasteiger partial charge in [-0.3, -0.25) is 4.79 Å². The van der Waals surface area contributed by atoms with E-state index in [0.717, 1.165) is 24.1 Å². The van der Waals surface area contributed by atoms with Gasteiger partial charge in [0.2, 0.25) is 0 Å². The maximum atomic E-state index is 13.0. The number of methoxy groups -OCH3 is 2. The number of ether oxygens (including phenoxy) is 3. The summed E-state index contributed by atoms with van der Waals surface area (Å²) in [6.45, 7) is 7.16. The van der Waals surface area contributed by atoms with Gasteiger partial charge in [-0.15, -0.1) is 0 Å². The molecule has 3 aromatic heterocycles. The second kappa shape index (κ2) is 9.12.